The molecule has 176 valence electrons. The van der Waals surface area contributed by atoms with Gasteiger partial charge in [-0.05, 0) is 31.5 Å². The summed E-state index contributed by atoms with van der Waals surface area (Å²) in [6.07, 6.45) is 0. The zero-order valence-corrected chi connectivity index (χ0v) is 19.3. The first-order valence-corrected chi connectivity index (χ1v) is 10.8. The molecule has 0 bridgehead atoms. The van der Waals surface area contributed by atoms with Crippen molar-refractivity contribution < 1.29 is 23.8 Å². The van der Waals surface area contributed by atoms with Gasteiger partial charge < -0.3 is 15.6 Å². The summed E-state index contributed by atoms with van der Waals surface area (Å²) in [7, 11) is 0. The van der Waals surface area contributed by atoms with Crippen LogP contribution >= 0.6 is 0 Å². The molecule has 2 heterocycles. The molecule has 0 saturated carbocycles. The molecule has 4 N–H and O–H groups in total. The van der Waals surface area contributed by atoms with Crippen molar-refractivity contribution in [2.75, 3.05) is 0 Å². The average Bonchev–Trinajstić information content (AvgIpc) is 2.76. The minimum atomic E-state index is -1.19. The van der Waals surface area contributed by atoms with Crippen LogP contribution in [0.1, 0.15) is 50.3 Å². The smallest absolute Gasteiger partial charge is 0.318 e. The fourth-order valence-electron chi connectivity index (χ4n) is 4.27. The third-order valence-corrected chi connectivity index (χ3v) is 6.14. The fraction of sp³-hybridized carbons (Fsp3) is 0.269. The Bertz CT molecular complexity index is 1280. The predicted octanol–water partition coefficient (Wildman–Crippen LogP) is 4.57. The van der Waals surface area contributed by atoms with Crippen molar-refractivity contribution in [2.24, 2.45) is 11.1 Å². The van der Waals surface area contributed by atoms with E-state index >= 15 is 0 Å². The van der Waals surface area contributed by atoms with Crippen molar-refractivity contribution >= 4 is 11.9 Å². The Kier molecular flexibility index (Phi) is 5.65. The minimum Gasteiger partial charge on any atom is -0.435 e. The number of hydrogen-bond acceptors (Lipinski definition) is 5. The molecular weight excluding hydrogens is 437 g/mol. The first kappa shape index (κ1) is 23.4. The lowest BCUT2D eigenvalue weighted by atomic mass is 9.69. The number of amides is 3. The van der Waals surface area contributed by atoms with Crippen LogP contribution in [0.25, 0.3) is 11.3 Å². The van der Waals surface area contributed by atoms with Gasteiger partial charge in [-0.2, -0.15) is 0 Å². The summed E-state index contributed by atoms with van der Waals surface area (Å²) in [5, 5.41) is 12.3. The Labute approximate surface area is 196 Å². The maximum atomic E-state index is 14.8. The molecule has 1 aliphatic heterocycles. The number of nitrogens with zero attached hydrogens (tertiary/aromatic N) is 1. The van der Waals surface area contributed by atoms with Crippen molar-refractivity contribution in [3.63, 3.8) is 0 Å². The van der Waals surface area contributed by atoms with Gasteiger partial charge in [0.25, 0.3) is 0 Å². The van der Waals surface area contributed by atoms with Crippen molar-refractivity contribution in [3.05, 3.63) is 77.1 Å². The number of carbonyl (C=O) groups excluding carboxylic acids is 2. The molecule has 0 saturated heterocycles. The molecular formula is C26H26FN3O4. The minimum absolute atomic E-state index is 0.0121. The van der Waals surface area contributed by atoms with Crippen LogP contribution in [0.3, 0.4) is 0 Å². The largest absolute Gasteiger partial charge is 0.435 e. The van der Waals surface area contributed by atoms with E-state index in [1.54, 1.807) is 52.0 Å². The number of imide groups is 1. The molecule has 4 rings (SSSR count). The number of pyridine rings is 1. The lowest BCUT2D eigenvalue weighted by molar-refractivity contribution is -0.128. The lowest BCUT2D eigenvalue weighted by Crippen LogP contribution is -2.46. The molecule has 0 fully saturated rings. The molecule has 8 heteroatoms. The number of hydrogen-bond donors (Lipinski definition) is 3. The van der Waals surface area contributed by atoms with Gasteiger partial charge in [0.15, 0.2) is 11.6 Å². The first-order chi connectivity index (χ1) is 15.9. The van der Waals surface area contributed by atoms with Gasteiger partial charge in [0, 0.05) is 22.6 Å². The second-order valence-corrected chi connectivity index (χ2v) is 9.46. The maximum absolute atomic E-state index is 14.8. The second-order valence-electron chi connectivity index (χ2n) is 9.46. The van der Waals surface area contributed by atoms with E-state index in [9.17, 15) is 19.1 Å². The monoisotopic (exact) mass is 463 g/mol. The van der Waals surface area contributed by atoms with Crippen molar-refractivity contribution in [3.8, 4) is 22.9 Å². The predicted molar refractivity (Wildman–Crippen MR) is 125 cm³/mol. The molecule has 1 aliphatic rings. The molecule has 1 aromatic heterocycles. The number of carbonyl (C=O) groups is 2. The fourth-order valence-corrected chi connectivity index (χ4v) is 4.27. The van der Waals surface area contributed by atoms with Gasteiger partial charge >= 0.3 is 6.03 Å². The van der Waals surface area contributed by atoms with Gasteiger partial charge in [-0.15, -0.1) is 0 Å². The number of halogens is 1. The quantitative estimate of drug-likeness (QED) is 0.524. The Morgan fingerprint density at radius 1 is 1.03 bits per heavy atom. The number of aliphatic hydroxyl groups is 1. The molecule has 0 radical (unpaired) electrons. The van der Waals surface area contributed by atoms with E-state index in [0.29, 0.717) is 16.8 Å². The Hall–Kier alpha value is -3.78. The second kappa shape index (κ2) is 8.22. The molecule has 3 amide bonds. The highest BCUT2D eigenvalue weighted by Gasteiger charge is 2.45. The van der Waals surface area contributed by atoms with E-state index in [1.165, 1.54) is 6.07 Å². The maximum Gasteiger partial charge on any atom is 0.318 e. The zero-order chi connectivity index (χ0) is 24.8. The molecule has 7 nitrogen and oxygen atoms in total. The number of fused-ring (bicyclic) bond motifs is 2. The van der Waals surface area contributed by atoms with E-state index in [0.717, 1.165) is 11.1 Å². The van der Waals surface area contributed by atoms with Gasteiger partial charge in [-0.1, -0.05) is 56.3 Å². The van der Waals surface area contributed by atoms with Crippen LogP contribution in [-0.2, 0) is 10.4 Å². The normalized spacial score (nSPS) is 15.1. The van der Waals surface area contributed by atoms with Crippen LogP contribution in [0.15, 0.2) is 54.6 Å². The topological polar surface area (TPSA) is 115 Å². The van der Waals surface area contributed by atoms with Gasteiger partial charge in [-0.3, -0.25) is 10.1 Å². The summed E-state index contributed by atoms with van der Waals surface area (Å²) in [5.41, 5.74) is 6.18. The zero-order valence-electron chi connectivity index (χ0n) is 19.3. The summed E-state index contributed by atoms with van der Waals surface area (Å²) in [5.74, 6) is -1.67. The standard InChI is InChI=1S/C26H26FN3O4/c1-25(2,23(31)30-24(28)32)20-16-6-5-7-18(27)21(16)34-22-17(20)12-13-19(29-22)14-8-10-15(11-9-14)26(3,4)33/h5-13,20,33H,1-4H3,(H3,28,30,31,32). The van der Waals surface area contributed by atoms with E-state index in [1.807, 2.05) is 24.3 Å². The van der Waals surface area contributed by atoms with E-state index in [-0.39, 0.29) is 11.6 Å². The van der Waals surface area contributed by atoms with Gasteiger partial charge in [-0.25, -0.2) is 14.2 Å². The molecule has 0 spiro atoms. The van der Waals surface area contributed by atoms with Crippen LogP contribution in [0.4, 0.5) is 9.18 Å². The Morgan fingerprint density at radius 2 is 1.71 bits per heavy atom. The number of rotatable bonds is 4. The first-order valence-electron chi connectivity index (χ1n) is 10.8. The number of nitrogens with one attached hydrogen (secondary N) is 1. The molecule has 1 atom stereocenters. The van der Waals surface area contributed by atoms with Crippen LogP contribution in [-0.4, -0.2) is 22.0 Å². The summed E-state index contributed by atoms with van der Waals surface area (Å²) in [6.45, 7) is 6.72. The van der Waals surface area contributed by atoms with E-state index in [4.69, 9.17) is 10.5 Å². The van der Waals surface area contributed by atoms with Crippen molar-refractivity contribution in [2.45, 2.75) is 39.2 Å². The SMILES string of the molecule is CC(C)(O)c1ccc(-c2ccc3c(n2)Oc2c(F)cccc2C3C(C)(C)C(=O)NC(N)=O)cc1. The number of benzene rings is 2. The number of para-hydroxylation sites is 1. The number of primary amides is 1. The highest BCUT2D eigenvalue weighted by molar-refractivity contribution is 5.97. The highest BCUT2D eigenvalue weighted by atomic mass is 19.1. The molecule has 1 unspecified atom stereocenters. The van der Waals surface area contributed by atoms with Crippen molar-refractivity contribution in [1.82, 2.24) is 10.3 Å². The highest BCUT2D eigenvalue weighted by Crippen LogP contribution is 2.52. The third-order valence-electron chi connectivity index (χ3n) is 6.14. The molecule has 0 aliphatic carbocycles. The molecule has 2 aromatic carbocycles. The molecule has 3 aromatic rings. The lowest BCUT2D eigenvalue weighted by Gasteiger charge is -2.37. The van der Waals surface area contributed by atoms with Crippen LogP contribution < -0.4 is 15.8 Å². The van der Waals surface area contributed by atoms with Gasteiger partial charge in [0.2, 0.25) is 11.8 Å². The third kappa shape index (κ3) is 4.12. The Balaban J connectivity index is 1.82. The van der Waals surface area contributed by atoms with Gasteiger partial charge in [0.05, 0.1) is 16.7 Å². The Morgan fingerprint density at radius 3 is 2.32 bits per heavy atom. The number of urea groups is 1. The van der Waals surface area contributed by atoms with Crippen LogP contribution in [0.5, 0.6) is 11.6 Å². The number of aromatic nitrogens is 1. The summed E-state index contributed by atoms with van der Waals surface area (Å²) >= 11 is 0. The summed E-state index contributed by atoms with van der Waals surface area (Å²) < 4.78 is 20.7. The number of ether oxygens (including phenoxy) is 1. The van der Waals surface area contributed by atoms with E-state index < -0.39 is 34.7 Å². The average molecular weight is 464 g/mol. The van der Waals surface area contributed by atoms with E-state index in [2.05, 4.69) is 10.3 Å². The van der Waals surface area contributed by atoms with Crippen molar-refractivity contribution in [1.29, 1.82) is 0 Å². The summed E-state index contributed by atoms with van der Waals surface area (Å²) in [6, 6.07) is 14.4. The van der Waals surface area contributed by atoms with Gasteiger partial charge in [0.1, 0.15) is 0 Å². The van der Waals surface area contributed by atoms with Crippen LogP contribution in [0, 0.1) is 11.2 Å². The molecule has 34 heavy (non-hydrogen) atoms. The number of nitrogens with two attached hydrogens (primary N) is 1. The van der Waals surface area contributed by atoms with Crippen LogP contribution in [0.2, 0.25) is 0 Å². The summed E-state index contributed by atoms with van der Waals surface area (Å²) in [4.78, 5) is 28.9.